The van der Waals surface area contributed by atoms with Crippen molar-refractivity contribution in [2.24, 2.45) is 0 Å². The van der Waals surface area contributed by atoms with Gasteiger partial charge < -0.3 is 14.4 Å². The average Bonchev–Trinajstić information content (AvgIpc) is 3.10. The second-order valence-electron chi connectivity index (χ2n) is 7.13. The van der Waals surface area contributed by atoms with E-state index in [0.29, 0.717) is 23.2 Å². The monoisotopic (exact) mass is 433 g/mol. The summed E-state index contributed by atoms with van der Waals surface area (Å²) in [7, 11) is 3.97. The molecule has 1 aliphatic rings. The molecular formula is C21H24ClN3O3S. The molecule has 0 radical (unpaired) electrons. The van der Waals surface area contributed by atoms with Crippen LogP contribution in [0, 0.1) is 6.92 Å². The molecule has 2 aromatic carbocycles. The molecule has 1 amide bonds. The molecule has 0 bridgehead atoms. The number of nitrogens with zero attached hydrogens (tertiary/aromatic N) is 3. The second-order valence-corrected chi connectivity index (χ2v) is 8.13. The number of aryl methyl sites for hydroxylation is 1. The molecular weight excluding hydrogens is 410 g/mol. The number of hydrogen-bond acceptors (Lipinski definition) is 6. The van der Waals surface area contributed by atoms with Crippen LogP contribution in [0.15, 0.2) is 42.5 Å². The number of rotatable bonds is 5. The zero-order valence-electron chi connectivity index (χ0n) is 16.6. The van der Waals surface area contributed by atoms with E-state index in [2.05, 4.69) is 13.0 Å². The molecule has 1 aromatic heterocycles. The average molecular weight is 434 g/mol. The number of thiazole rings is 1. The lowest BCUT2D eigenvalue weighted by atomic mass is 10.2. The van der Waals surface area contributed by atoms with Crippen LogP contribution in [0.5, 0.6) is 11.5 Å². The number of halogens is 1. The summed E-state index contributed by atoms with van der Waals surface area (Å²) in [6, 6.07) is 13.5. The number of benzene rings is 2. The van der Waals surface area contributed by atoms with E-state index in [0.717, 1.165) is 16.8 Å². The zero-order valence-corrected chi connectivity index (χ0v) is 18.3. The van der Waals surface area contributed by atoms with Gasteiger partial charge in [0.25, 0.3) is 5.91 Å². The fourth-order valence-electron chi connectivity index (χ4n) is 3.05. The van der Waals surface area contributed by atoms with Crippen molar-refractivity contribution in [3.63, 3.8) is 0 Å². The van der Waals surface area contributed by atoms with E-state index < -0.39 is 6.10 Å². The van der Waals surface area contributed by atoms with Crippen LogP contribution in [0.1, 0.15) is 5.56 Å². The van der Waals surface area contributed by atoms with Crippen molar-refractivity contribution in [2.45, 2.75) is 13.0 Å². The third-order valence-corrected chi connectivity index (χ3v) is 5.63. The van der Waals surface area contributed by atoms with Crippen LogP contribution in [0.3, 0.4) is 0 Å². The Morgan fingerprint density at radius 3 is 2.69 bits per heavy atom. The lowest BCUT2D eigenvalue weighted by molar-refractivity contribution is -0.127. The molecule has 29 heavy (non-hydrogen) atoms. The normalized spacial score (nSPS) is 15.2. The van der Waals surface area contributed by atoms with E-state index in [4.69, 9.17) is 14.5 Å². The van der Waals surface area contributed by atoms with E-state index in [1.807, 2.05) is 55.4 Å². The lowest BCUT2D eigenvalue weighted by Gasteiger charge is -2.30. The molecule has 2 heterocycles. The maximum Gasteiger partial charge on any atom is 0.273 e. The van der Waals surface area contributed by atoms with Gasteiger partial charge in [0.15, 0.2) is 16.6 Å². The minimum absolute atomic E-state index is 0. The van der Waals surface area contributed by atoms with Crippen molar-refractivity contribution in [1.82, 2.24) is 9.88 Å². The number of para-hydroxylation sites is 2. The number of fused-ring (bicyclic) bond motifs is 2. The molecule has 6 nitrogen and oxygen atoms in total. The number of aromatic nitrogens is 1. The Morgan fingerprint density at radius 1 is 1.17 bits per heavy atom. The molecule has 0 N–H and O–H groups in total. The number of amides is 1. The maximum atomic E-state index is 13.3. The molecule has 0 saturated carbocycles. The fraction of sp³-hybridized carbons (Fsp3) is 0.333. The Morgan fingerprint density at radius 2 is 1.93 bits per heavy atom. The number of hydrogen-bond donors (Lipinski definition) is 0. The summed E-state index contributed by atoms with van der Waals surface area (Å²) in [5.41, 5.74) is 2.08. The zero-order chi connectivity index (χ0) is 19.7. The van der Waals surface area contributed by atoms with Gasteiger partial charge in [-0.05, 0) is 50.8 Å². The van der Waals surface area contributed by atoms with Crippen LogP contribution >= 0.6 is 23.7 Å². The van der Waals surface area contributed by atoms with E-state index in [-0.39, 0.29) is 24.9 Å². The molecule has 8 heteroatoms. The summed E-state index contributed by atoms with van der Waals surface area (Å²) in [5.74, 6) is 1.13. The SMILES string of the molecule is Cc1ccc2nc(N(CCN(C)C)C(=O)C3COc4ccccc4O3)sc2c1.Cl. The molecule has 3 aromatic rings. The van der Waals surface area contributed by atoms with Gasteiger partial charge in [-0.25, -0.2) is 4.98 Å². The molecule has 0 aliphatic carbocycles. The molecule has 1 atom stereocenters. The van der Waals surface area contributed by atoms with Crippen LogP contribution in [-0.4, -0.2) is 55.7 Å². The summed E-state index contributed by atoms with van der Waals surface area (Å²) in [4.78, 5) is 21.8. The molecule has 4 rings (SSSR count). The first-order valence-corrected chi connectivity index (χ1v) is 10.0. The van der Waals surface area contributed by atoms with Crippen molar-refractivity contribution in [3.8, 4) is 11.5 Å². The topological polar surface area (TPSA) is 54.9 Å². The van der Waals surface area contributed by atoms with Crippen molar-refractivity contribution in [2.75, 3.05) is 38.7 Å². The van der Waals surface area contributed by atoms with Crippen LogP contribution in [0.4, 0.5) is 5.13 Å². The largest absolute Gasteiger partial charge is 0.485 e. The first-order chi connectivity index (χ1) is 13.5. The molecule has 0 fully saturated rings. The van der Waals surface area contributed by atoms with Gasteiger partial charge in [0.2, 0.25) is 6.10 Å². The van der Waals surface area contributed by atoms with Gasteiger partial charge in [-0.15, -0.1) is 12.4 Å². The van der Waals surface area contributed by atoms with Crippen molar-refractivity contribution in [1.29, 1.82) is 0 Å². The highest BCUT2D eigenvalue weighted by Gasteiger charge is 2.33. The fourth-order valence-corrected chi connectivity index (χ4v) is 4.15. The van der Waals surface area contributed by atoms with Gasteiger partial charge in [-0.3, -0.25) is 9.69 Å². The molecule has 0 saturated heterocycles. The highest BCUT2D eigenvalue weighted by molar-refractivity contribution is 7.22. The highest BCUT2D eigenvalue weighted by Crippen LogP contribution is 2.33. The molecule has 1 unspecified atom stereocenters. The smallest absolute Gasteiger partial charge is 0.273 e. The first kappa shape index (κ1) is 21.4. The third kappa shape index (κ3) is 4.63. The Kier molecular flexibility index (Phi) is 6.62. The predicted octanol–water partition coefficient (Wildman–Crippen LogP) is 3.76. The Bertz CT molecular complexity index is 1010. The number of ether oxygens (including phenoxy) is 2. The molecule has 1 aliphatic heterocycles. The van der Waals surface area contributed by atoms with E-state index in [1.165, 1.54) is 16.9 Å². The van der Waals surface area contributed by atoms with Gasteiger partial charge in [0.1, 0.15) is 6.61 Å². The van der Waals surface area contributed by atoms with Crippen LogP contribution in [-0.2, 0) is 4.79 Å². The maximum absolute atomic E-state index is 13.3. The first-order valence-electron chi connectivity index (χ1n) is 9.23. The van der Waals surface area contributed by atoms with Crippen molar-refractivity contribution < 1.29 is 14.3 Å². The summed E-state index contributed by atoms with van der Waals surface area (Å²) >= 11 is 1.53. The van der Waals surface area contributed by atoms with Crippen LogP contribution in [0.25, 0.3) is 10.2 Å². The summed E-state index contributed by atoms with van der Waals surface area (Å²) < 4.78 is 12.8. The molecule has 0 spiro atoms. The number of likely N-dealkylation sites (N-methyl/N-ethyl adjacent to an activating group) is 1. The summed E-state index contributed by atoms with van der Waals surface area (Å²) in [5, 5.41) is 0.690. The quantitative estimate of drug-likeness (QED) is 0.613. The Labute approximate surface area is 180 Å². The van der Waals surface area contributed by atoms with Crippen LogP contribution in [0.2, 0.25) is 0 Å². The summed E-state index contributed by atoms with van der Waals surface area (Å²) in [6.07, 6.45) is -0.689. The highest BCUT2D eigenvalue weighted by atomic mass is 35.5. The number of carbonyl (C=O) groups excluding carboxylic acids is 1. The van der Waals surface area contributed by atoms with Gasteiger partial charge in [0, 0.05) is 13.1 Å². The number of carbonyl (C=O) groups is 1. The van der Waals surface area contributed by atoms with E-state index in [1.54, 1.807) is 4.90 Å². The van der Waals surface area contributed by atoms with E-state index >= 15 is 0 Å². The van der Waals surface area contributed by atoms with Gasteiger partial charge >= 0.3 is 0 Å². The second kappa shape index (κ2) is 8.98. The van der Waals surface area contributed by atoms with Crippen molar-refractivity contribution >= 4 is 45.0 Å². The van der Waals surface area contributed by atoms with E-state index in [9.17, 15) is 4.79 Å². The van der Waals surface area contributed by atoms with Crippen LogP contribution < -0.4 is 14.4 Å². The summed E-state index contributed by atoms with van der Waals surface area (Å²) in [6.45, 7) is 3.51. The third-order valence-electron chi connectivity index (χ3n) is 4.58. The Hall–Kier alpha value is -2.35. The van der Waals surface area contributed by atoms with Crippen molar-refractivity contribution in [3.05, 3.63) is 48.0 Å². The standard InChI is InChI=1S/C21H23N3O3S.ClH/c1-14-8-9-15-19(12-14)28-21(22-15)24(11-10-23(2)3)20(25)18-13-26-16-6-4-5-7-17(16)27-18;/h4-9,12,18H,10-11,13H2,1-3H3;1H. The van der Waals surface area contributed by atoms with Gasteiger partial charge in [-0.2, -0.15) is 0 Å². The molecule has 154 valence electrons. The minimum Gasteiger partial charge on any atom is -0.485 e. The predicted molar refractivity (Wildman–Crippen MR) is 119 cm³/mol. The van der Waals surface area contributed by atoms with Gasteiger partial charge in [-0.1, -0.05) is 29.5 Å². The number of anilines is 1. The Balaban J connectivity index is 0.00000240. The van der Waals surface area contributed by atoms with Gasteiger partial charge in [0.05, 0.1) is 10.2 Å². The minimum atomic E-state index is -0.689. The lowest BCUT2D eigenvalue weighted by Crippen LogP contribution is -2.48.